The Morgan fingerprint density at radius 1 is 1.46 bits per heavy atom. The van der Waals surface area contributed by atoms with Gasteiger partial charge in [-0.05, 0) is 42.7 Å². The summed E-state index contributed by atoms with van der Waals surface area (Å²) in [5, 5.41) is 5.78. The van der Waals surface area contributed by atoms with Crippen LogP contribution in [-0.4, -0.2) is 43.0 Å². The van der Waals surface area contributed by atoms with Crippen LogP contribution < -0.4 is 15.5 Å². The second kappa shape index (κ2) is 6.79. The lowest BCUT2D eigenvalue weighted by molar-refractivity contribution is -0.120. The largest absolute Gasteiger partial charge is 0.360 e. The molecule has 0 bridgehead atoms. The van der Waals surface area contributed by atoms with Gasteiger partial charge in [0.1, 0.15) is 5.69 Å². The van der Waals surface area contributed by atoms with E-state index in [1.54, 1.807) is 12.3 Å². The Balaban J connectivity index is 1.56. The van der Waals surface area contributed by atoms with Crippen molar-refractivity contribution in [3.05, 3.63) is 24.0 Å². The minimum Gasteiger partial charge on any atom is -0.360 e. The maximum atomic E-state index is 12.3. The van der Waals surface area contributed by atoms with E-state index in [-0.39, 0.29) is 11.8 Å². The van der Waals surface area contributed by atoms with Gasteiger partial charge in [-0.2, -0.15) is 0 Å². The van der Waals surface area contributed by atoms with Gasteiger partial charge in [0.15, 0.2) is 0 Å². The van der Waals surface area contributed by atoms with Crippen molar-refractivity contribution < 1.29 is 9.59 Å². The Bertz CT molecular complexity index is 625. The van der Waals surface area contributed by atoms with Crippen molar-refractivity contribution in [1.29, 1.82) is 0 Å². The van der Waals surface area contributed by atoms with Crippen LogP contribution in [0.15, 0.2) is 18.3 Å². The molecule has 0 aromatic carbocycles. The number of hydrogen-bond donors (Lipinski definition) is 2. The number of aromatic nitrogens is 1. The van der Waals surface area contributed by atoms with Crippen LogP contribution in [0.25, 0.3) is 0 Å². The molecule has 3 rings (SSSR count). The van der Waals surface area contributed by atoms with Gasteiger partial charge in [0.05, 0.1) is 6.54 Å². The van der Waals surface area contributed by atoms with Gasteiger partial charge in [-0.1, -0.05) is 13.8 Å². The Labute approximate surface area is 143 Å². The molecule has 2 aliphatic rings. The van der Waals surface area contributed by atoms with Crippen molar-refractivity contribution in [2.24, 2.45) is 11.3 Å². The van der Waals surface area contributed by atoms with Gasteiger partial charge in [0.25, 0.3) is 5.91 Å². The van der Waals surface area contributed by atoms with Crippen LogP contribution in [0.3, 0.4) is 0 Å². The molecule has 130 valence electrons. The van der Waals surface area contributed by atoms with Crippen LogP contribution in [0.5, 0.6) is 0 Å². The standard InChI is InChI=1S/C18H26N4O2/c1-18(2,13-3-4-13)6-8-21-17(24)15-11-14(5-7-19-15)22-10-9-20-16(23)12-22/h5,7,11,13H,3-4,6,8-10,12H2,1-2H3,(H,20,23)(H,21,24). The van der Waals surface area contributed by atoms with Crippen LogP contribution >= 0.6 is 0 Å². The number of rotatable bonds is 6. The van der Waals surface area contributed by atoms with Gasteiger partial charge in [-0.15, -0.1) is 0 Å². The summed E-state index contributed by atoms with van der Waals surface area (Å²) < 4.78 is 0. The first-order chi connectivity index (χ1) is 11.5. The fraction of sp³-hybridized carbons (Fsp3) is 0.611. The van der Waals surface area contributed by atoms with E-state index in [2.05, 4.69) is 29.5 Å². The Hall–Kier alpha value is -2.11. The lowest BCUT2D eigenvalue weighted by atomic mass is 9.84. The summed E-state index contributed by atoms with van der Waals surface area (Å²) in [5.74, 6) is 0.664. The van der Waals surface area contributed by atoms with Crippen molar-refractivity contribution in [2.45, 2.75) is 33.1 Å². The van der Waals surface area contributed by atoms with E-state index in [0.29, 0.717) is 30.7 Å². The van der Waals surface area contributed by atoms with Gasteiger partial charge in [0.2, 0.25) is 5.91 Å². The second-order valence-electron chi connectivity index (χ2n) is 7.44. The van der Waals surface area contributed by atoms with E-state index in [0.717, 1.165) is 24.6 Å². The van der Waals surface area contributed by atoms with Crippen molar-refractivity contribution >= 4 is 17.5 Å². The number of amides is 2. The number of piperazine rings is 1. The summed E-state index contributed by atoms with van der Waals surface area (Å²) in [6.45, 7) is 6.90. The molecule has 1 saturated heterocycles. The fourth-order valence-electron chi connectivity index (χ4n) is 3.26. The van der Waals surface area contributed by atoms with Crippen molar-refractivity contribution in [3.8, 4) is 0 Å². The highest BCUT2D eigenvalue weighted by Crippen LogP contribution is 2.46. The number of carbonyl (C=O) groups excluding carboxylic acids is 2. The molecule has 0 atom stereocenters. The number of hydrogen-bond acceptors (Lipinski definition) is 4. The fourth-order valence-corrected chi connectivity index (χ4v) is 3.26. The molecular weight excluding hydrogens is 304 g/mol. The number of carbonyl (C=O) groups is 2. The second-order valence-corrected chi connectivity index (χ2v) is 7.44. The molecule has 2 fully saturated rings. The summed E-state index contributed by atoms with van der Waals surface area (Å²) >= 11 is 0. The first-order valence-corrected chi connectivity index (χ1v) is 8.71. The van der Waals surface area contributed by atoms with E-state index < -0.39 is 0 Å². The minimum atomic E-state index is -0.148. The number of nitrogens with zero attached hydrogens (tertiary/aromatic N) is 2. The Kier molecular flexibility index (Phi) is 4.73. The predicted octanol–water partition coefficient (Wildman–Crippen LogP) is 1.57. The Morgan fingerprint density at radius 3 is 2.96 bits per heavy atom. The molecule has 2 heterocycles. The van der Waals surface area contributed by atoms with Gasteiger partial charge in [-0.3, -0.25) is 14.6 Å². The summed E-state index contributed by atoms with van der Waals surface area (Å²) in [7, 11) is 0. The molecule has 1 aliphatic heterocycles. The highest BCUT2D eigenvalue weighted by Gasteiger charge is 2.37. The van der Waals surface area contributed by atoms with Crippen LogP contribution in [0, 0.1) is 11.3 Å². The third-order valence-electron chi connectivity index (χ3n) is 5.12. The molecule has 6 heteroatoms. The zero-order valence-electron chi connectivity index (χ0n) is 14.5. The first-order valence-electron chi connectivity index (χ1n) is 8.71. The molecule has 0 unspecified atom stereocenters. The molecular formula is C18H26N4O2. The summed E-state index contributed by atoms with van der Waals surface area (Å²) in [5.41, 5.74) is 1.56. The van der Waals surface area contributed by atoms with E-state index >= 15 is 0 Å². The van der Waals surface area contributed by atoms with E-state index in [4.69, 9.17) is 0 Å². The average molecular weight is 330 g/mol. The summed E-state index contributed by atoms with van der Waals surface area (Å²) in [6.07, 6.45) is 5.24. The monoisotopic (exact) mass is 330 g/mol. The van der Waals surface area contributed by atoms with Gasteiger partial charge in [-0.25, -0.2) is 0 Å². The van der Waals surface area contributed by atoms with Crippen molar-refractivity contribution in [2.75, 3.05) is 31.1 Å². The van der Waals surface area contributed by atoms with E-state index in [9.17, 15) is 9.59 Å². The highest BCUT2D eigenvalue weighted by atomic mass is 16.2. The van der Waals surface area contributed by atoms with Crippen molar-refractivity contribution in [3.63, 3.8) is 0 Å². The summed E-state index contributed by atoms with van der Waals surface area (Å²) in [4.78, 5) is 30.0. The molecule has 6 nitrogen and oxygen atoms in total. The average Bonchev–Trinajstić information content (AvgIpc) is 3.40. The maximum absolute atomic E-state index is 12.3. The summed E-state index contributed by atoms with van der Waals surface area (Å²) in [6, 6.07) is 3.60. The molecule has 1 aromatic rings. The normalized spacial score (nSPS) is 18.2. The van der Waals surface area contributed by atoms with Crippen LogP contribution in [0.2, 0.25) is 0 Å². The highest BCUT2D eigenvalue weighted by molar-refractivity contribution is 5.93. The zero-order valence-corrected chi connectivity index (χ0v) is 14.5. The molecule has 0 radical (unpaired) electrons. The minimum absolute atomic E-state index is 0.00590. The van der Waals surface area contributed by atoms with Crippen LogP contribution in [0.1, 0.15) is 43.6 Å². The van der Waals surface area contributed by atoms with Gasteiger partial charge < -0.3 is 15.5 Å². The zero-order chi connectivity index (χ0) is 17.2. The number of nitrogens with one attached hydrogen (secondary N) is 2. The van der Waals surface area contributed by atoms with Gasteiger partial charge >= 0.3 is 0 Å². The third kappa shape index (κ3) is 4.04. The third-order valence-corrected chi connectivity index (χ3v) is 5.12. The quantitative estimate of drug-likeness (QED) is 0.830. The maximum Gasteiger partial charge on any atom is 0.269 e. The van der Waals surface area contributed by atoms with E-state index in [1.807, 2.05) is 11.0 Å². The van der Waals surface area contributed by atoms with Crippen molar-refractivity contribution in [1.82, 2.24) is 15.6 Å². The molecule has 0 spiro atoms. The van der Waals surface area contributed by atoms with Crippen LogP contribution in [0.4, 0.5) is 5.69 Å². The molecule has 1 aromatic heterocycles. The number of anilines is 1. The molecule has 1 saturated carbocycles. The SMILES string of the molecule is CC(C)(CCNC(=O)c1cc(N2CCNC(=O)C2)ccn1)C1CC1. The lowest BCUT2D eigenvalue weighted by Gasteiger charge is -2.28. The molecule has 24 heavy (non-hydrogen) atoms. The topological polar surface area (TPSA) is 74.3 Å². The predicted molar refractivity (Wildman–Crippen MR) is 92.9 cm³/mol. The molecule has 1 aliphatic carbocycles. The number of pyridine rings is 1. The van der Waals surface area contributed by atoms with E-state index in [1.165, 1.54) is 12.8 Å². The molecule has 2 amide bonds. The van der Waals surface area contributed by atoms with Crippen LogP contribution in [-0.2, 0) is 4.79 Å². The smallest absolute Gasteiger partial charge is 0.269 e. The first kappa shape index (κ1) is 16.7. The lowest BCUT2D eigenvalue weighted by Crippen LogP contribution is -2.47. The van der Waals surface area contributed by atoms with Gasteiger partial charge in [0, 0.05) is 31.5 Å². The molecule has 2 N–H and O–H groups in total. The Morgan fingerprint density at radius 2 is 2.25 bits per heavy atom.